The van der Waals surface area contributed by atoms with Crippen molar-refractivity contribution in [2.24, 2.45) is 11.7 Å². The van der Waals surface area contributed by atoms with Gasteiger partial charge < -0.3 is 10.6 Å². The molecule has 2 heterocycles. The van der Waals surface area contributed by atoms with Crippen molar-refractivity contribution in [3.63, 3.8) is 0 Å². The molecule has 0 aliphatic carbocycles. The van der Waals surface area contributed by atoms with Gasteiger partial charge in [0.25, 0.3) is 5.91 Å². The van der Waals surface area contributed by atoms with Gasteiger partial charge in [0.1, 0.15) is 0 Å². The number of halogens is 3. The second kappa shape index (κ2) is 11.5. The van der Waals surface area contributed by atoms with Gasteiger partial charge in [-0.05, 0) is 79.8 Å². The number of hydrogen-bond acceptors (Lipinski definition) is 3. The van der Waals surface area contributed by atoms with Crippen molar-refractivity contribution in [2.45, 2.75) is 37.1 Å². The van der Waals surface area contributed by atoms with Gasteiger partial charge >= 0.3 is 0 Å². The molecule has 39 heavy (non-hydrogen) atoms. The van der Waals surface area contributed by atoms with Gasteiger partial charge in [-0.15, -0.1) is 0 Å². The van der Waals surface area contributed by atoms with Crippen LogP contribution in [0.5, 0.6) is 0 Å². The number of primary amides is 1. The lowest BCUT2D eigenvalue weighted by molar-refractivity contribution is -0.126. The molecule has 3 aromatic carbocycles. The predicted molar refractivity (Wildman–Crippen MR) is 158 cm³/mol. The number of nitrogens with zero attached hydrogens (tertiary/aromatic N) is 2. The van der Waals surface area contributed by atoms with Gasteiger partial charge in [-0.2, -0.15) is 0 Å². The maximum atomic E-state index is 13.3. The summed E-state index contributed by atoms with van der Waals surface area (Å²) < 4.78 is 0. The molecular formula is C31H32Cl3N3O2. The fourth-order valence-electron chi connectivity index (χ4n) is 6.42. The summed E-state index contributed by atoms with van der Waals surface area (Å²) in [6, 6.07) is 22.7. The summed E-state index contributed by atoms with van der Waals surface area (Å²) in [5.41, 5.74) is 7.86. The smallest absolute Gasteiger partial charge is 0.253 e. The molecule has 2 amide bonds. The Kier molecular flexibility index (Phi) is 8.25. The zero-order valence-electron chi connectivity index (χ0n) is 21.8. The minimum atomic E-state index is -0.874. The molecule has 3 aromatic rings. The SMILES string of the molecule is CC(C1CCN(C(=O)c2ccc(Cl)cc2)C1)N1CCC(C(N)=O)(c2ccccc2)C(c2ccc(Cl)c(Cl)c2)C1. The Labute approximate surface area is 244 Å². The van der Waals surface area contributed by atoms with Crippen LogP contribution in [0.25, 0.3) is 0 Å². The van der Waals surface area contributed by atoms with Gasteiger partial charge in [-0.1, -0.05) is 71.2 Å². The number of hydrogen-bond donors (Lipinski definition) is 1. The fourth-order valence-corrected chi connectivity index (χ4v) is 6.85. The van der Waals surface area contributed by atoms with Crippen LogP contribution < -0.4 is 5.73 Å². The van der Waals surface area contributed by atoms with E-state index >= 15 is 0 Å². The highest BCUT2D eigenvalue weighted by Crippen LogP contribution is 2.47. The van der Waals surface area contributed by atoms with Gasteiger partial charge in [0.15, 0.2) is 0 Å². The lowest BCUT2D eigenvalue weighted by atomic mass is 9.62. The Hall–Kier alpha value is -2.57. The largest absolute Gasteiger partial charge is 0.369 e. The average molecular weight is 585 g/mol. The molecule has 0 radical (unpaired) electrons. The third-order valence-corrected chi connectivity index (χ3v) is 9.73. The number of nitrogens with two attached hydrogens (primary N) is 1. The van der Waals surface area contributed by atoms with Crippen LogP contribution in [0.2, 0.25) is 15.1 Å². The van der Waals surface area contributed by atoms with Gasteiger partial charge in [0.05, 0.1) is 15.5 Å². The summed E-state index contributed by atoms with van der Waals surface area (Å²) in [7, 11) is 0. The number of benzene rings is 3. The van der Waals surface area contributed by atoms with Crippen molar-refractivity contribution in [1.82, 2.24) is 9.80 Å². The molecule has 0 bridgehead atoms. The number of likely N-dealkylation sites (tertiary alicyclic amines) is 2. The van der Waals surface area contributed by atoms with Crippen molar-refractivity contribution in [1.29, 1.82) is 0 Å². The van der Waals surface area contributed by atoms with Crippen molar-refractivity contribution in [3.8, 4) is 0 Å². The Bertz CT molecular complexity index is 1350. The van der Waals surface area contributed by atoms with Crippen LogP contribution in [-0.4, -0.2) is 53.8 Å². The summed E-state index contributed by atoms with van der Waals surface area (Å²) in [4.78, 5) is 30.8. The third kappa shape index (κ3) is 5.43. The standard InChI is InChI=1S/C31H32Cl3N3O2/c1-20(23-13-15-37(18-23)29(38)21-7-10-25(32)11-8-21)36-16-14-31(30(35)39,24-5-3-2-4-6-24)26(19-36)22-9-12-27(33)28(34)17-22/h2-12,17,20,23,26H,13-16,18-19H2,1H3,(H2,35,39). The predicted octanol–water partition coefficient (Wildman–Crippen LogP) is 6.41. The van der Waals surface area contributed by atoms with Gasteiger partial charge in [-0.25, -0.2) is 0 Å². The molecule has 2 aliphatic rings. The number of carbonyl (C=O) groups excluding carboxylic acids is 2. The lowest BCUT2D eigenvalue weighted by Gasteiger charge is -2.49. The first-order chi connectivity index (χ1) is 18.7. The third-order valence-electron chi connectivity index (χ3n) is 8.74. The first-order valence-corrected chi connectivity index (χ1v) is 14.4. The van der Waals surface area contributed by atoms with E-state index in [0.29, 0.717) is 46.1 Å². The van der Waals surface area contributed by atoms with E-state index in [1.165, 1.54) is 0 Å². The number of rotatable bonds is 6. The van der Waals surface area contributed by atoms with Crippen LogP contribution in [0.15, 0.2) is 72.8 Å². The highest BCUT2D eigenvalue weighted by atomic mass is 35.5. The molecule has 2 saturated heterocycles. The molecular weight excluding hydrogens is 553 g/mol. The summed E-state index contributed by atoms with van der Waals surface area (Å²) in [6.07, 6.45) is 1.51. The highest BCUT2D eigenvalue weighted by Gasteiger charge is 2.51. The van der Waals surface area contributed by atoms with E-state index < -0.39 is 5.41 Å². The van der Waals surface area contributed by atoms with Crippen LogP contribution in [0, 0.1) is 5.92 Å². The summed E-state index contributed by atoms with van der Waals surface area (Å²) >= 11 is 18.7. The molecule has 2 N–H and O–H groups in total. The Balaban J connectivity index is 1.40. The minimum absolute atomic E-state index is 0.0329. The molecule has 2 fully saturated rings. The van der Waals surface area contributed by atoms with Crippen LogP contribution in [0.3, 0.4) is 0 Å². The van der Waals surface area contributed by atoms with E-state index in [4.69, 9.17) is 40.5 Å². The van der Waals surface area contributed by atoms with Gasteiger partial charge in [0.2, 0.25) is 5.91 Å². The molecule has 0 aromatic heterocycles. The fraction of sp³-hybridized carbons (Fsp3) is 0.355. The molecule has 8 heteroatoms. The van der Waals surface area contributed by atoms with E-state index in [0.717, 1.165) is 30.6 Å². The van der Waals surface area contributed by atoms with Crippen molar-refractivity contribution in [2.75, 3.05) is 26.2 Å². The highest BCUT2D eigenvalue weighted by molar-refractivity contribution is 6.42. The monoisotopic (exact) mass is 583 g/mol. The van der Waals surface area contributed by atoms with Gasteiger partial charge in [-0.3, -0.25) is 14.5 Å². The summed E-state index contributed by atoms with van der Waals surface area (Å²) in [5.74, 6) is -0.201. The summed E-state index contributed by atoms with van der Waals surface area (Å²) in [5, 5.41) is 1.55. The van der Waals surface area contributed by atoms with E-state index in [2.05, 4.69) is 11.8 Å². The molecule has 2 aliphatic heterocycles. The quantitative estimate of drug-likeness (QED) is 0.364. The minimum Gasteiger partial charge on any atom is -0.369 e. The van der Waals surface area contributed by atoms with Crippen molar-refractivity contribution in [3.05, 3.63) is 105 Å². The second-order valence-electron chi connectivity index (χ2n) is 10.7. The zero-order chi connectivity index (χ0) is 27.7. The van der Waals surface area contributed by atoms with Crippen LogP contribution in [0.1, 0.15) is 47.2 Å². The van der Waals surface area contributed by atoms with E-state index in [1.807, 2.05) is 47.4 Å². The molecule has 5 rings (SSSR count). The molecule has 204 valence electrons. The topological polar surface area (TPSA) is 66.6 Å². The average Bonchev–Trinajstić information content (AvgIpc) is 3.44. The van der Waals surface area contributed by atoms with Crippen LogP contribution in [0.4, 0.5) is 0 Å². The lowest BCUT2D eigenvalue weighted by Crippen LogP contribution is -2.57. The van der Waals surface area contributed by atoms with E-state index in [1.54, 1.807) is 30.3 Å². The van der Waals surface area contributed by atoms with Crippen LogP contribution in [-0.2, 0) is 10.2 Å². The van der Waals surface area contributed by atoms with E-state index in [-0.39, 0.29) is 23.8 Å². The van der Waals surface area contributed by atoms with Crippen molar-refractivity contribution >= 4 is 46.6 Å². The van der Waals surface area contributed by atoms with Gasteiger partial charge in [0, 0.05) is 42.2 Å². The summed E-state index contributed by atoms with van der Waals surface area (Å²) in [6.45, 7) is 5.00. The zero-order valence-corrected chi connectivity index (χ0v) is 24.1. The number of amides is 2. The molecule has 5 nitrogen and oxygen atoms in total. The first-order valence-electron chi connectivity index (χ1n) is 13.3. The number of piperidine rings is 1. The van der Waals surface area contributed by atoms with Crippen molar-refractivity contribution < 1.29 is 9.59 Å². The maximum Gasteiger partial charge on any atom is 0.253 e. The first kappa shape index (κ1) is 28.0. The second-order valence-corrected chi connectivity index (χ2v) is 12.0. The molecule has 0 saturated carbocycles. The number of carbonyl (C=O) groups is 2. The molecule has 4 atom stereocenters. The Morgan fingerprint density at radius 1 is 0.923 bits per heavy atom. The van der Waals surface area contributed by atoms with Crippen LogP contribution >= 0.6 is 34.8 Å². The normalized spacial score (nSPS) is 24.5. The molecule has 0 spiro atoms. The maximum absolute atomic E-state index is 13.3. The molecule has 4 unspecified atom stereocenters. The van der Waals surface area contributed by atoms with E-state index in [9.17, 15) is 9.59 Å². The Morgan fingerprint density at radius 3 is 2.31 bits per heavy atom. The Morgan fingerprint density at radius 2 is 1.64 bits per heavy atom.